The molecule has 6 nitrogen and oxygen atoms in total. The number of hydrogen-bond acceptors (Lipinski definition) is 5. The molecule has 4 rings (SSSR count). The number of hydrogen-bond donors (Lipinski definition) is 1. The van der Waals surface area contributed by atoms with E-state index in [0.717, 1.165) is 36.0 Å². The highest BCUT2D eigenvalue weighted by atomic mass is 16.7. The molecule has 1 aliphatic heterocycles. The Bertz CT molecular complexity index is 1290. The zero-order chi connectivity index (χ0) is 27.8. The first-order valence-electron chi connectivity index (χ1n) is 13.6. The van der Waals surface area contributed by atoms with Crippen LogP contribution < -0.4 is 5.48 Å². The summed E-state index contributed by atoms with van der Waals surface area (Å²) in [5.41, 5.74) is 6.86. The van der Waals surface area contributed by atoms with Crippen molar-refractivity contribution in [2.75, 3.05) is 0 Å². The number of rotatable bonds is 9. The van der Waals surface area contributed by atoms with Gasteiger partial charge in [-0.05, 0) is 74.4 Å². The Morgan fingerprint density at radius 1 is 0.974 bits per heavy atom. The van der Waals surface area contributed by atoms with Gasteiger partial charge in [0.2, 0.25) is 0 Å². The molecule has 1 aliphatic rings. The van der Waals surface area contributed by atoms with Gasteiger partial charge in [0.1, 0.15) is 11.4 Å². The van der Waals surface area contributed by atoms with Crippen molar-refractivity contribution in [2.45, 2.75) is 71.6 Å². The highest BCUT2D eigenvalue weighted by Crippen LogP contribution is 2.27. The number of benzene rings is 3. The topological polar surface area (TPSA) is 67.9 Å². The molecule has 39 heavy (non-hydrogen) atoms. The first kappa shape index (κ1) is 28.1. The van der Waals surface area contributed by atoms with E-state index < -0.39 is 11.7 Å². The second-order valence-electron chi connectivity index (χ2n) is 10.8. The number of ether oxygens (including phenoxy) is 1. The van der Waals surface area contributed by atoms with Crippen LogP contribution in [0.15, 0.2) is 90.8 Å². The van der Waals surface area contributed by atoms with E-state index in [1.54, 1.807) is 11.0 Å². The highest BCUT2D eigenvalue weighted by molar-refractivity contribution is 5.97. The third kappa shape index (κ3) is 7.58. The zero-order valence-electron chi connectivity index (χ0n) is 23.3. The molecule has 0 saturated carbocycles. The SMILES string of the molecule is CCCC=C1NOC(CCc2ccccc2)C(=O)N1Cc1ccc(-c2ccccc2C(=O)OC(C)(C)C)cc1. The molecule has 1 atom stereocenters. The fourth-order valence-corrected chi connectivity index (χ4v) is 4.47. The predicted molar refractivity (Wildman–Crippen MR) is 153 cm³/mol. The Balaban J connectivity index is 1.51. The Labute approximate surface area is 231 Å². The number of aryl methyl sites for hydroxylation is 1. The number of esters is 1. The van der Waals surface area contributed by atoms with Gasteiger partial charge in [0.05, 0.1) is 12.1 Å². The fourth-order valence-electron chi connectivity index (χ4n) is 4.47. The van der Waals surface area contributed by atoms with E-state index in [9.17, 15) is 9.59 Å². The molecular formula is C33H38N2O4. The molecule has 1 heterocycles. The summed E-state index contributed by atoms with van der Waals surface area (Å²) in [6.45, 7) is 8.10. The Morgan fingerprint density at radius 2 is 1.67 bits per heavy atom. The van der Waals surface area contributed by atoms with Crippen LogP contribution in [0.2, 0.25) is 0 Å². The van der Waals surface area contributed by atoms with E-state index in [-0.39, 0.29) is 11.9 Å². The molecule has 1 amide bonds. The molecule has 3 aromatic carbocycles. The molecule has 0 radical (unpaired) electrons. The van der Waals surface area contributed by atoms with Crippen molar-refractivity contribution in [3.05, 3.63) is 107 Å². The number of amides is 1. The van der Waals surface area contributed by atoms with E-state index in [1.165, 1.54) is 5.56 Å². The lowest BCUT2D eigenvalue weighted by atomic mass is 9.98. The molecule has 0 aliphatic carbocycles. The maximum absolute atomic E-state index is 13.5. The second-order valence-corrected chi connectivity index (χ2v) is 10.8. The van der Waals surface area contributed by atoms with Crippen molar-refractivity contribution in [1.82, 2.24) is 10.4 Å². The van der Waals surface area contributed by atoms with E-state index in [0.29, 0.717) is 24.4 Å². The van der Waals surface area contributed by atoms with Gasteiger partial charge in [0, 0.05) is 0 Å². The Hall–Kier alpha value is -3.90. The van der Waals surface area contributed by atoms with Gasteiger partial charge in [0.15, 0.2) is 6.10 Å². The van der Waals surface area contributed by atoms with Crippen molar-refractivity contribution in [2.24, 2.45) is 0 Å². The number of carbonyl (C=O) groups is 2. The number of nitrogens with zero attached hydrogens (tertiary/aromatic N) is 1. The lowest BCUT2D eigenvalue weighted by Gasteiger charge is -2.35. The average Bonchev–Trinajstić information content (AvgIpc) is 2.93. The van der Waals surface area contributed by atoms with Gasteiger partial charge in [0.25, 0.3) is 5.91 Å². The molecule has 0 bridgehead atoms. The molecule has 6 heteroatoms. The number of allylic oxidation sites excluding steroid dienone is 1. The van der Waals surface area contributed by atoms with E-state index in [2.05, 4.69) is 24.5 Å². The standard InChI is InChI=1S/C33H38N2O4/c1-5-6-16-30-34-39-29(22-19-24-12-8-7-9-13-24)31(36)35(30)23-25-17-20-26(21-18-25)27-14-10-11-15-28(27)32(37)38-33(2,3)4/h7-18,20-21,29,34H,5-6,19,22-23H2,1-4H3. The quantitative estimate of drug-likeness (QED) is 0.310. The number of hydroxylamine groups is 1. The van der Waals surface area contributed by atoms with Gasteiger partial charge in [-0.1, -0.05) is 86.1 Å². The van der Waals surface area contributed by atoms with Crippen LogP contribution in [0.5, 0.6) is 0 Å². The monoisotopic (exact) mass is 526 g/mol. The van der Waals surface area contributed by atoms with Crippen LogP contribution in [0.4, 0.5) is 0 Å². The summed E-state index contributed by atoms with van der Waals surface area (Å²) in [5, 5.41) is 0. The summed E-state index contributed by atoms with van der Waals surface area (Å²) < 4.78 is 5.62. The summed E-state index contributed by atoms with van der Waals surface area (Å²) in [7, 11) is 0. The van der Waals surface area contributed by atoms with Crippen LogP contribution in [0.25, 0.3) is 11.1 Å². The lowest BCUT2D eigenvalue weighted by Crippen LogP contribution is -2.50. The molecule has 3 aromatic rings. The van der Waals surface area contributed by atoms with Crippen LogP contribution in [-0.4, -0.2) is 28.5 Å². The van der Waals surface area contributed by atoms with Crippen molar-refractivity contribution in [3.8, 4) is 11.1 Å². The second kappa shape index (κ2) is 12.8. The third-order valence-corrected chi connectivity index (χ3v) is 6.45. The molecular weight excluding hydrogens is 488 g/mol. The van der Waals surface area contributed by atoms with Crippen LogP contribution in [0.3, 0.4) is 0 Å². The zero-order valence-corrected chi connectivity index (χ0v) is 23.3. The molecule has 1 fully saturated rings. The Kier molecular flexibility index (Phi) is 9.20. The molecule has 0 spiro atoms. The predicted octanol–water partition coefficient (Wildman–Crippen LogP) is 6.82. The molecule has 1 saturated heterocycles. The van der Waals surface area contributed by atoms with Crippen molar-refractivity contribution < 1.29 is 19.2 Å². The van der Waals surface area contributed by atoms with Crippen LogP contribution in [0.1, 0.15) is 68.4 Å². The van der Waals surface area contributed by atoms with Crippen molar-refractivity contribution in [3.63, 3.8) is 0 Å². The molecule has 204 valence electrons. The van der Waals surface area contributed by atoms with Crippen LogP contribution in [0, 0.1) is 0 Å². The Morgan fingerprint density at radius 3 is 2.36 bits per heavy atom. The summed E-state index contributed by atoms with van der Waals surface area (Å²) >= 11 is 0. The number of carbonyl (C=O) groups excluding carboxylic acids is 2. The minimum atomic E-state index is -0.575. The van der Waals surface area contributed by atoms with E-state index in [4.69, 9.17) is 9.57 Å². The minimum Gasteiger partial charge on any atom is -0.456 e. The summed E-state index contributed by atoms with van der Waals surface area (Å²) in [6.07, 6.45) is 4.60. The lowest BCUT2D eigenvalue weighted by molar-refractivity contribution is -0.159. The summed E-state index contributed by atoms with van der Waals surface area (Å²) in [6, 6.07) is 25.6. The summed E-state index contributed by atoms with van der Waals surface area (Å²) in [5.74, 6) is 0.281. The average molecular weight is 527 g/mol. The van der Waals surface area contributed by atoms with Crippen molar-refractivity contribution >= 4 is 11.9 Å². The fraction of sp³-hybridized carbons (Fsp3) is 0.333. The number of unbranched alkanes of at least 4 members (excludes halogenated alkanes) is 1. The summed E-state index contributed by atoms with van der Waals surface area (Å²) in [4.78, 5) is 33.9. The normalized spacial score (nSPS) is 16.7. The van der Waals surface area contributed by atoms with Gasteiger partial charge in [-0.3, -0.25) is 20.0 Å². The smallest absolute Gasteiger partial charge is 0.339 e. The van der Waals surface area contributed by atoms with E-state index in [1.807, 2.05) is 87.5 Å². The van der Waals surface area contributed by atoms with Gasteiger partial charge in [-0.2, -0.15) is 0 Å². The molecule has 1 N–H and O–H groups in total. The van der Waals surface area contributed by atoms with Crippen LogP contribution >= 0.6 is 0 Å². The molecule has 1 unspecified atom stereocenters. The van der Waals surface area contributed by atoms with Gasteiger partial charge >= 0.3 is 5.97 Å². The first-order chi connectivity index (χ1) is 18.7. The maximum atomic E-state index is 13.5. The van der Waals surface area contributed by atoms with E-state index >= 15 is 0 Å². The largest absolute Gasteiger partial charge is 0.456 e. The van der Waals surface area contributed by atoms with Gasteiger partial charge in [-0.25, -0.2) is 4.79 Å². The number of nitrogens with one attached hydrogen (secondary N) is 1. The third-order valence-electron chi connectivity index (χ3n) is 6.45. The van der Waals surface area contributed by atoms with Crippen molar-refractivity contribution in [1.29, 1.82) is 0 Å². The van der Waals surface area contributed by atoms with Gasteiger partial charge < -0.3 is 4.74 Å². The minimum absolute atomic E-state index is 0.0496. The highest BCUT2D eigenvalue weighted by Gasteiger charge is 2.33. The first-order valence-corrected chi connectivity index (χ1v) is 13.6. The van der Waals surface area contributed by atoms with Crippen LogP contribution in [-0.2, 0) is 27.3 Å². The molecule has 0 aromatic heterocycles. The maximum Gasteiger partial charge on any atom is 0.339 e. The van der Waals surface area contributed by atoms with Gasteiger partial charge in [-0.15, -0.1) is 0 Å².